The highest BCUT2D eigenvalue weighted by Crippen LogP contribution is 2.16. The van der Waals surface area contributed by atoms with E-state index in [9.17, 15) is 9.59 Å². The van der Waals surface area contributed by atoms with Crippen LogP contribution in [-0.4, -0.2) is 28.1 Å². The molecule has 3 aromatic rings. The molecule has 0 saturated heterocycles. The van der Waals surface area contributed by atoms with Crippen molar-refractivity contribution in [2.45, 2.75) is 25.9 Å². The van der Waals surface area contributed by atoms with Crippen molar-refractivity contribution in [2.75, 3.05) is 5.32 Å². The van der Waals surface area contributed by atoms with Crippen molar-refractivity contribution in [3.63, 3.8) is 0 Å². The molecule has 3 rings (SSSR count). The quantitative estimate of drug-likeness (QED) is 0.605. The summed E-state index contributed by atoms with van der Waals surface area (Å²) in [7, 11) is 0. The molecule has 2 aromatic carbocycles. The summed E-state index contributed by atoms with van der Waals surface area (Å²) in [4.78, 5) is 28.4. The lowest BCUT2D eigenvalue weighted by atomic mass is 10.2. The number of anilines is 1. The molecule has 0 saturated carbocycles. The lowest BCUT2D eigenvalue weighted by Gasteiger charge is -2.13. The Hall–Kier alpha value is -3.19. The van der Waals surface area contributed by atoms with Crippen LogP contribution in [0.2, 0.25) is 5.02 Å². The Balaban J connectivity index is 1.46. The Morgan fingerprint density at radius 3 is 2.57 bits per heavy atom. The first kappa shape index (κ1) is 19.6. The number of amides is 1. The van der Waals surface area contributed by atoms with Crippen molar-refractivity contribution in [3.8, 4) is 11.4 Å². The number of aromatic nitrogens is 2. The Kier molecular flexibility index (Phi) is 6.39. The first-order chi connectivity index (χ1) is 13.5. The lowest BCUT2D eigenvalue weighted by molar-refractivity contribution is -0.153. The molecular formula is C20H18ClN3O4. The lowest BCUT2D eigenvalue weighted by Crippen LogP contribution is -2.30. The van der Waals surface area contributed by atoms with Crippen molar-refractivity contribution >= 4 is 29.2 Å². The highest BCUT2D eigenvalue weighted by Gasteiger charge is 2.19. The Morgan fingerprint density at radius 1 is 1.14 bits per heavy atom. The molecule has 144 valence electrons. The summed E-state index contributed by atoms with van der Waals surface area (Å²) in [5, 5.41) is 7.11. The molecule has 0 aliphatic heterocycles. The maximum absolute atomic E-state index is 12.1. The first-order valence-electron chi connectivity index (χ1n) is 8.65. The van der Waals surface area contributed by atoms with Gasteiger partial charge in [0.1, 0.15) is 0 Å². The molecule has 1 unspecified atom stereocenters. The maximum atomic E-state index is 12.1. The molecular weight excluding hydrogens is 382 g/mol. The van der Waals surface area contributed by atoms with Crippen molar-refractivity contribution in [3.05, 3.63) is 65.5 Å². The number of carbonyl (C=O) groups excluding carboxylic acids is 2. The van der Waals surface area contributed by atoms with Gasteiger partial charge in [0.15, 0.2) is 6.10 Å². The molecule has 0 aliphatic rings. The predicted molar refractivity (Wildman–Crippen MR) is 104 cm³/mol. The molecule has 0 fully saturated rings. The number of hydrogen-bond donors (Lipinski definition) is 1. The van der Waals surface area contributed by atoms with E-state index in [-0.39, 0.29) is 12.8 Å². The summed E-state index contributed by atoms with van der Waals surface area (Å²) in [5.41, 5.74) is 1.39. The van der Waals surface area contributed by atoms with Crippen molar-refractivity contribution in [2.24, 2.45) is 0 Å². The molecule has 0 aliphatic carbocycles. The second kappa shape index (κ2) is 9.14. The van der Waals surface area contributed by atoms with Gasteiger partial charge in [-0.2, -0.15) is 4.98 Å². The van der Waals surface area contributed by atoms with E-state index in [0.717, 1.165) is 5.56 Å². The molecule has 28 heavy (non-hydrogen) atoms. The van der Waals surface area contributed by atoms with E-state index in [1.54, 1.807) is 24.3 Å². The topological polar surface area (TPSA) is 94.3 Å². The fourth-order valence-electron chi connectivity index (χ4n) is 2.36. The molecule has 1 aromatic heterocycles. The number of carbonyl (C=O) groups is 2. The number of rotatable bonds is 7. The van der Waals surface area contributed by atoms with Crippen molar-refractivity contribution in [1.82, 2.24) is 10.1 Å². The summed E-state index contributed by atoms with van der Waals surface area (Å²) < 4.78 is 10.3. The molecule has 1 N–H and O–H groups in total. The summed E-state index contributed by atoms with van der Waals surface area (Å²) in [6, 6.07) is 16.0. The van der Waals surface area contributed by atoms with Gasteiger partial charge < -0.3 is 14.6 Å². The van der Waals surface area contributed by atoms with Crippen LogP contribution in [-0.2, 0) is 20.7 Å². The molecule has 8 heteroatoms. The Morgan fingerprint density at radius 2 is 1.86 bits per heavy atom. The van der Waals surface area contributed by atoms with Crippen LogP contribution in [0.3, 0.4) is 0 Å². The number of hydrogen-bond acceptors (Lipinski definition) is 6. The number of halogens is 1. The summed E-state index contributed by atoms with van der Waals surface area (Å²) in [5.74, 6) is -0.174. The fourth-order valence-corrected chi connectivity index (χ4v) is 2.48. The zero-order valence-corrected chi connectivity index (χ0v) is 15.8. The van der Waals surface area contributed by atoms with Gasteiger partial charge in [-0.15, -0.1) is 0 Å². The third-order valence-corrected chi connectivity index (χ3v) is 4.08. The van der Waals surface area contributed by atoms with Gasteiger partial charge in [-0.3, -0.25) is 9.59 Å². The van der Waals surface area contributed by atoms with E-state index in [2.05, 4.69) is 15.5 Å². The van der Waals surface area contributed by atoms with Crippen LogP contribution in [0.25, 0.3) is 11.4 Å². The van der Waals surface area contributed by atoms with Gasteiger partial charge in [-0.1, -0.05) is 47.1 Å². The maximum Gasteiger partial charge on any atom is 0.307 e. The second-order valence-corrected chi connectivity index (χ2v) is 6.44. The van der Waals surface area contributed by atoms with E-state index in [1.807, 2.05) is 30.3 Å². The monoisotopic (exact) mass is 399 g/mol. The molecule has 1 atom stereocenters. The van der Waals surface area contributed by atoms with Crippen LogP contribution in [0, 0.1) is 0 Å². The van der Waals surface area contributed by atoms with Crippen LogP contribution < -0.4 is 5.32 Å². The predicted octanol–water partition coefficient (Wildman–Crippen LogP) is 3.89. The van der Waals surface area contributed by atoms with Crippen LogP contribution in [0.4, 0.5) is 5.69 Å². The minimum absolute atomic E-state index is 0.0228. The molecule has 0 spiro atoms. The average molecular weight is 400 g/mol. The minimum atomic E-state index is -0.939. The highest BCUT2D eigenvalue weighted by molar-refractivity contribution is 6.30. The summed E-state index contributed by atoms with van der Waals surface area (Å²) >= 11 is 5.80. The van der Waals surface area contributed by atoms with Gasteiger partial charge in [0.05, 0.1) is 6.42 Å². The standard InChI is InChI=1S/C20H18ClN3O4/c1-13(20(26)22-16-9-7-15(21)8-10-16)27-18(25)12-11-17-23-19(24-28-17)14-5-3-2-4-6-14/h2-10,13H,11-12H2,1H3,(H,22,26). The molecule has 0 bridgehead atoms. The molecule has 1 heterocycles. The molecule has 0 radical (unpaired) electrons. The van der Waals surface area contributed by atoms with Gasteiger partial charge in [-0.05, 0) is 31.2 Å². The number of ether oxygens (including phenoxy) is 1. The number of nitrogens with one attached hydrogen (secondary N) is 1. The SMILES string of the molecule is CC(OC(=O)CCc1nc(-c2ccccc2)no1)C(=O)Nc1ccc(Cl)cc1. The number of benzene rings is 2. The van der Waals surface area contributed by atoms with Gasteiger partial charge >= 0.3 is 5.97 Å². The largest absolute Gasteiger partial charge is 0.453 e. The molecule has 7 nitrogen and oxygen atoms in total. The Bertz CT molecular complexity index is 942. The van der Waals surface area contributed by atoms with Crippen molar-refractivity contribution in [1.29, 1.82) is 0 Å². The van der Waals surface area contributed by atoms with Crippen LogP contribution in [0.5, 0.6) is 0 Å². The third-order valence-electron chi connectivity index (χ3n) is 3.83. The van der Waals surface area contributed by atoms with E-state index >= 15 is 0 Å². The first-order valence-corrected chi connectivity index (χ1v) is 9.03. The van der Waals surface area contributed by atoms with Gasteiger partial charge in [-0.25, -0.2) is 0 Å². The van der Waals surface area contributed by atoms with Gasteiger partial charge in [0, 0.05) is 22.7 Å². The van der Waals surface area contributed by atoms with E-state index in [1.165, 1.54) is 6.92 Å². The second-order valence-electron chi connectivity index (χ2n) is 6.01. The summed E-state index contributed by atoms with van der Waals surface area (Å²) in [6.07, 6.45) is -0.690. The zero-order valence-electron chi connectivity index (χ0n) is 15.1. The van der Waals surface area contributed by atoms with E-state index < -0.39 is 18.0 Å². The van der Waals surface area contributed by atoms with Crippen LogP contribution in [0.15, 0.2) is 59.1 Å². The normalized spacial score (nSPS) is 11.6. The number of nitrogens with zero attached hydrogens (tertiary/aromatic N) is 2. The van der Waals surface area contributed by atoms with Gasteiger partial charge in [0.2, 0.25) is 11.7 Å². The summed E-state index contributed by atoms with van der Waals surface area (Å²) in [6.45, 7) is 1.50. The number of aryl methyl sites for hydroxylation is 1. The fraction of sp³-hybridized carbons (Fsp3) is 0.200. The van der Waals surface area contributed by atoms with Crippen LogP contribution in [0.1, 0.15) is 19.2 Å². The minimum Gasteiger partial charge on any atom is -0.453 e. The smallest absolute Gasteiger partial charge is 0.307 e. The highest BCUT2D eigenvalue weighted by atomic mass is 35.5. The molecule has 1 amide bonds. The third kappa shape index (κ3) is 5.40. The zero-order chi connectivity index (χ0) is 19.9. The average Bonchev–Trinajstić information content (AvgIpc) is 3.18. The van der Waals surface area contributed by atoms with E-state index in [4.69, 9.17) is 20.9 Å². The Labute approximate surface area is 166 Å². The number of esters is 1. The van der Waals surface area contributed by atoms with E-state index in [0.29, 0.717) is 22.4 Å². The van der Waals surface area contributed by atoms with Crippen molar-refractivity contribution < 1.29 is 18.8 Å². The van der Waals surface area contributed by atoms with Crippen LogP contribution >= 0.6 is 11.6 Å². The van der Waals surface area contributed by atoms with Gasteiger partial charge in [0.25, 0.3) is 5.91 Å².